The van der Waals surface area contributed by atoms with Crippen molar-refractivity contribution in [3.05, 3.63) is 35.9 Å². The molecular formula is C22H36N4O2. The average Bonchev–Trinajstić information content (AvgIpc) is 3.25. The van der Waals surface area contributed by atoms with Crippen molar-refractivity contribution < 1.29 is 9.47 Å². The number of aliphatic imine (C=N–C) groups is 1. The van der Waals surface area contributed by atoms with E-state index in [1.54, 1.807) is 0 Å². The minimum absolute atomic E-state index is 0.497. The Kier molecular flexibility index (Phi) is 9.07. The maximum Gasteiger partial charge on any atom is 0.191 e. The summed E-state index contributed by atoms with van der Waals surface area (Å²) in [6.45, 7) is 7.56. The molecular weight excluding hydrogens is 352 g/mol. The zero-order chi connectivity index (χ0) is 19.4. The Bertz CT molecular complexity index is 567. The molecule has 1 aromatic rings. The number of hydrogen-bond acceptors (Lipinski definition) is 4. The van der Waals surface area contributed by atoms with E-state index in [-0.39, 0.29) is 0 Å². The van der Waals surface area contributed by atoms with Crippen LogP contribution in [-0.4, -0.2) is 70.0 Å². The van der Waals surface area contributed by atoms with Crippen LogP contribution in [0.1, 0.15) is 31.2 Å². The Hall–Kier alpha value is -1.63. The van der Waals surface area contributed by atoms with Crippen LogP contribution in [0.5, 0.6) is 0 Å². The molecule has 0 spiro atoms. The number of likely N-dealkylation sites (tertiary alicyclic amines) is 1. The topological polar surface area (TPSA) is 58.1 Å². The molecule has 0 amide bonds. The smallest absolute Gasteiger partial charge is 0.191 e. The summed E-state index contributed by atoms with van der Waals surface area (Å²) >= 11 is 0. The monoisotopic (exact) mass is 388 g/mol. The predicted octanol–water partition coefficient (Wildman–Crippen LogP) is 2.26. The highest BCUT2D eigenvalue weighted by atomic mass is 16.5. The van der Waals surface area contributed by atoms with Gasteiger partial charge < -0.3 is 20.1 Å². The fourth-order valence-electron chi connectivity index (χ4n) is 3.81. The Labute approximate surface area is 169 Å². The molecule has 1 unspecified atom stereocenters. The number of benzene rings is 1. The van der Waals surface area contributed by atoms with Crippen molar-refractivity contribution in [1.82, 2.24) is 15.5 Å². The molecule has 1 atom stereocenters. The zero-order valence-electron chi connectivity index (χ0n) is 17.2. The molecule has 2 aliphatic heterocycles. The minimum atomic E-state index is 0.497. The van der Waals surface area contributed by atoms with Crippen molar-refractivity contribution in [3.63, 3.8) is 0 Å². The first-order valence-corrected chi connectivity index (χ1v) is 10.7. The van der Waals surface area contributed by atoms with Crippen molar-refractivity contribution in [2.24, 2.45) is 10.9 Å². The Morgan fingerprint density at radius 2 is 2.04 bits per heavy atom. The number of rotatable bonds is 9. The van der Waals surface area contributed by atoms with Gasteiger partial charge in [-0.2, -0.15) is 0 Å². The van der Waals surface area contributed by atoms with Crippen LogP contribution in [0.2, 0.25) is 0 Å². The van der Waals surface area contributed by atoms with E-state index in [4.69, 9.17) is 9.47 Å². The Morgan fingerprint density at radius 3 is 2.75 bits per heavy atom. The van der Waals surface area contributed by atoms with Crippen molar-refractivity contribution in [3.8, 4) is 0 Å². The van der Waals surface area contributed by atoms with Crippen LogP contribution in [-0.2, 0) is 16.0 Å². The van der Waals surface area contributed by atoms with Crippen molar-refractivity contribution in [1.29, 1.82) is 0 Å². The molecule has 0 aromatic heterocycles. The van der Waals surface area contributed by atoms with Crippen molar-refractivity contribution in [2.45, 2.75) is 38.3 Å². The quantitative estimate of drug-likeness (QED) is 0.386. The van der Waals surface area contributed by atoms with Gasteiger partial charge in [0.25, 0.3) is 0 Å². The lowest BCUT2D eigenvalue weighted by molar-refractivity contribution is 0.0888. The molecule has 0 radical (unpaired) electrons. The lowest BCUT2D eigenvalue weighted by Gasteiger charge is -2.33. The van der Waals surface area contributed by atoms with Gasteiger partial charge in [0.2, 0.25) is 0 Å². The summed E-state index contributed by atoms with van der Waals surface area (Å²) in [6.07, 6.45) is 4.43. The molecule has 0 bridgehead atoms. The molecule has 2 heterocycles. The summed E-state index contributed by atoms with van der Waals surface area (Å²) in [7, 11) is 1.84. The summed E-state index contributed by atoms with van der Waals surface area (Å²) < 4.78 is 11.1. The second-order valence-corrected chi connectivity index (χ2v) is 7.84. The van der Waals surface area contributed by atoms with Gasteiger partial charge >= 0.3 is 0 Å². The summed E-state index contributed by atoms with van der Waals surface area (Å²) in [6, 6.07) is 11.2. The van der Waals surface area contributed by atoms with E-state index in [1.807, 2.05) is 7.05 Å². The van der Waals surface area contributed by atoms with E-state index < -0.39 is 0 Å². The van der Waals surface area contributed by atoms with E-state index in [0.29, 0.717) is 12.0 Å². The molecule has 0 aliphatic carbocycles. The van der Waals surface area contributed by atoms with Gasteiger partial charge in [0.1, 0.15) is 0 Å². The molecule has 6 nitrogen and oxygen atoms in total. The molecule has 2 aliphatic rings. The van der Waals surface area contributed by atoms with Gasteiger partial charge in [0, 0.05) is 58.4 Å². The third kappa shape index (κ3) is 7.41. The van der Waals surface area contributed by atoms with Gasteiger partial charge in [-0.25, -0.2) is 0 Å². The van der Waals surface area contributed by atoms with Gasteiger partial charge in [0.15, 0.2) is 5.96 Å². The van der Waals surface area contributed by atoms with E-state index in [9.17, 15) is 0 Å². The standard InChI is InChI=1S/C22H36N4O2/c1-23-22(24-11-5-14-27-17-20-10-15-28-18-20)25-21-8-12-26(13-9-21)16-19-6-3-2-4-7-19/h2-4,6-7,20-21H,5,8-18H2,1H3,(H2,23,24,25). The van der Waals surface area contributed by atoms with Crippen LogP contribution < -0.4 is 10.6 Å². The van der Waals surface area contributed by atoms with E-state index in [2.05, 4.69) is 50.9 Å². The fourth-order valence-corrected chi connectivity index (χ4v) is 3.81. The van der Waals surface area contributed by atoms with E-state index in [0.717, 1.165) is 84.2 Å². The average molecular weight is 389 g/mol. The van der Waals surface area contributed by atoms with Crippen LogP contribution in [0, 0.1) is 5.92 Å². The predicted molar refractivity (Wildman–Crippen MR) is 114 cm³/mol. The van der Waals surface area contributed by atoms with Crippen LogP contribution >= 0.6 is 0 Å². The highest BCUT2D eigenvalue weighted by molar-refractivity contribution is 5.79. The normalized spacial score (nSPS) is 21.8. The summed E-state index contributed by atoms with van der Waals surface area (Å²) in [5, 5.41) is 7.00. The third-order valence-electron chi connectivity index (χ3n) is 5.54. The van der Waals surface area contributed by atoms with Crippen molar-refractivity contribution in [2.75, 3.05) is 53.1 Å². The highest BCUT2D eigenvalue weighted by Gasteiger charge is 2.20. The first kappa shape index (κ1) is 21.1. The number of nitrogens with one attached hydrogen (secondary N) is 2. The molecule has 2 N–H and O–H groups in total. The highest BCUT2D eigenvalue weighted by Crippen LogP contribution is 2.14. The van der Waals surface area contributed by atoms with Gasteiger partial charge in [-0.15, -0.1) is 0 Å². The first-order chi connectivity index (χ1) is 13.8. The van der Waals surface area contributed by atoms with Crippen molar-refractivity contribution >= 4 is 5.96 Å². The molecule has 156 valence electrons. The molecule has 6 heteroatoms. The van der Waals surface area contributed by atoms with Crippen LogP contribution in [0.3, 0.4) is 0 Å². The molecule has 2 saturated heterocycles. The van der Waals surface area contributed by atoms with Gasteiger partial charge in [-0.3, -0.25) is 9.89 Å². The largest absolute Gasteiger partial charge is 0.381 e. The minimum Gasteiger partial charge on any atom is -0.381 e. The Balaban J connectivity index is 1.24. The SMILES string of the molecule is CN=C(NCCCOCC1CCOC1)NC1CCN(Cc2ccccc2)CC1. The molecule has 0 saturated carbocycles. The Morgan fingerprint density at radius 1 is 1.21 bits per heavy atom. The van der Waals surface area contributed by atoms with Crippen LogP contribution in [0.25, 0.3) is 0 Å². The maximum absolute atomic E-state index is 5.76. The first-order valence-electron chi connectivity index (χ1n) is 10.7. The third-order valence-corrected chi connectivity index (χ3v) is 5.54. The van der Waals surface area contributed by atoms with Gasteiger partial charge in [-0.05, 0) is 31.2 Å². The fraction of sp³-hybridized carbons (Fsp3) is 0.682. The summed E-state index contributed by atoms with van der Waals surface area (Å²) in [5.74, 6) is 1.50. The maximum atomic E-state index is 5.76. The molecule has 28 heavy (non-hydrogen) atoms. The molecule has 3 rings (SSSR count). The van der Waals surface area contributed by atoms with Gasteiger partial charge in [-0.1, -0.05) is 30.3 Å². The van der Waals surface area contributed by atoms with E-state index >= 15 is 0 Å². The van der Waals surface area contributed by atoms with Crippen LogP contribution in [0.4, 0.5) is 0 Å². The lowest BCUT2D eigenvalue weighted by atomic mass is 10.0. The van der Waals surface area contributed by atoms with E-state index in [1.165, 1.54) is 5.56 Å². The molecule has 2 fully saturated rings. The zero-order valence-corrected chi connectivity index (χ0v) is 17.2. The summed E-state index contributed by atoms with van der Waals surface area (Å²) in [4.78, 5) is 6.91. The lowest BCUT2D eigenvalue weighted by Crippen LogP contribution is -2.48. The second-order valence-electron chi connectivity index (χ2n) is 7.84. The number of nitrogens with zero attached hydrogens (tertiary/aromatic N) is 2. The number of piperidine rings is 1. The van der Waals surface area contributed by atoms with Gasteiger partial charge in [0.05, 0.1) is 13.2 Å². The molecule has 1 aromatic carbocycles. The second kappa shape index (κ2) is 12.0. The van der Waals surface area contributed by atoms with Crippen LogP contribution in [0.15, 0.2) is 35.3 Å². The number of guanidine groups is 1. The number of hydrogen-bond donors (Lipinski definition) is 2. The summed E-state index contributed by atoms with van der Waals surface area (Å²) in [5.41, 5.74) is 1.40. The number of ether oxygens (including phenoxy) is 2.